The maximum absolute atomic E-state index is 12.6. The molecule has 0 bridgehead atoms. The summed E-state index contributed by atoms with van der Waals surface area (Å²) in [6, 6.07) is 6.15. The summed E-state index contributed by atoms with van der Waals surface area (Å²) in [7, 11) is 1.22. The molecule has 1 rings (SSSR count). The minimum atomic E-state index is -1.41. The van der Waals surface area contributed by atoms with Gasteiger partial charge in [-0.05, 0) is 13.3 Å². The van der Waals surface area contributed by atoms with Crippen molar-refractivity contribution in [2.75, 3.05) is 7.11 Å². The van der Waals surface area contributed by atoms with Crippen LogP contribution in [0.5, 0.6) is 0 Å². The van der Waals surface area contributed by atoms with E-state index in [2.05, 4.69) is 0 Å². The van der Waals surface area contributed by atoms with Gasteiger partial charge in [0.05, 0.1) is 12.0 Å². The molecule has 0 radical (unpaired) electrons. The second kappa shape index (κ2) is 8.41. The van der Waals surface area contributed by atoms with Crippen LogP contribution in [0.2, 0.25) is 0 Å². The van der Waals surface area contributed by atoms with Gasteiger partial charge in [-0.25, -0.2) is 0 Å². The number of carbonyl (C=O) groups excluding carboxylic acids is 2. The molecule has 0 N–H and O–H groups in total. The van der Waals surface area contributed by atoms with Gasteiger partial charge in [-0.1, -0.05) is 38.0 Å². The molecule has 0 spiro atoms. The van der Waals surface area contributed by atoms with Gasteiger partial charge in [0.15, 0.2) is 0 Å². The summed E-state index contributed by atoms with van der Waals surface area (Å²) in [5, 5.41) is 11.1. The maximum Gasteiger partial charge on any atom is 0.319 e. The number of nitro groups is 1. The zero-order valence-corrected chi connectivity index (χ0v) is 13.8. The number of Topliss-reactive ketones (excluding diaryl/α,β-unsaturated/α-hetero) is 1. The number of esters is 1. The van der Waals surface area contributed by atoms with E-state index in [4.69, 9.17) is 4.74 Å². The second-order valence-corrected chi connectivity index (χ2v) is 5.77. The van der Waals surface area contributed by atoms with Gasteiger partial charge >= 0.3 is 5.97 Å². The molecule has 0 aliphatic rings. The normalized spacial score (nSPS) is 13.2. The first kappa shape index (κ1) is 18.8. The third-order valence-electron chi connectivity index (χ3n) is 3.99. The van der Waals surface area contributed by atoms with Crippen molar-refractivity contribution in [1.82, 2.24) is 0 Å². The van der Waals surface area contributed by atoms with Crippen molar-refractivity contribution < 1.29 is 19.2 Å². The van der Waals surface area contributed by atoms with Gasteiger partial charge in [-0.15, -0.1) is 0 Å². The zero-order chi connectivity index (χ0) is 17.5. The number of nitro benzene ring substituents is 1. The minimum absolute atomic E-state index is 0.0399. The van der Waals surface area contributed by atoms with Crippen LogP contribution in [0.25, 0.3) is 0 Å². The lowest BCUT2D eigenvalue weighted by molar-refractivity contribution is -0.385. The number of ether oxygens (including phenoxy) is 1. The Morgan fingerprint density at radius 3 is 2.48 bits per heavy atom. The topological polar surface area (TPSA) is 86.5 Å². The van der Waals surface area contributed by atoms with Crippen LogP contribution in [0, 0.1) is 15.5 Å². The van der Waals surface area contributed by atoms with Crippen LogP contribution in [0.15, 0.2) is 24.3 Å². The lowest BCUT2D eigenvalue weighted by atomic mass is 9.77. The number of hydrogen-bond acceptors (Lipinski definition) is 5. The van der Waals surface area contributed by atoms with Crippen molar-refractivity contribution in [3.8, 4) is 0 Å². The number of para-hydroxylation sites is 1. The summed E-state index contributed by atoms with van der Waals surface area (Å²) < 4.78 is 4.79. The first-order valence-electron chi connectivity index (χ1n) is 7.70. The molecule has 1 aromatic carbocycles. The highest BCUT2D eigenvalue weighted by molar-refractivity contribution is 6.03. The predicted octanol–water partition coefficient (Wildman–Crippen LogP) is 3.47. The van der Waals surface area contributed by atoms with E-state index in [1.165, 1.54) is 20.1 Å². The van der Waals surface area contributed by atoms with Crippen LogP contribution in [0.1, 0.15) is 45.1 Å². The third-order valence-corrected chi connectivity index (χ3v) is 3.99. The molecule has 0 heterocycles. The Kier molecular flexibility index (Phi) is 6.88. The lowest BCUT2D eigenvalue weighted by Crippen LogP contribution is -2.39. The van der Waals surface area contributed by atoms with Crippen molar-refractivity contribution in [2.24, 2.45) is 5.41 Å². The summed E-state index contributed by atoms with van der Waals surface area (Å²) >= 11 is 0. The fourth-order valence-corrected chi connectivity index (χ4v) is 2.54. The van der Waals surface area contributed by atoms with E-state index in [1.807, 2.05) is 6.92 Å². The highest BCUT2D eigenvalue weighted by Crippen LogP contribution is 2.31. The quantitative estimate of drug-likeness (QED) is 0.228. The Morgan fingerprint density at radius 1 is 1.26 bits per heavy atom. The molecule has 0 saturated carbocycles. The molecular formula is C17H23NO5. The summed E-state index contributed by atoms with van der Waals surface area (Å²) in [4.78, 5) is 35.4. The summed E-state index contributed by atoms with van der Waals surface area (Å²) in [6.45, 7) is 3.53. The largest absolute Gasteiger partial charge is 0.468 e. The first-order chi connectivity index (χ1) is 10.9. The van der Waals surface area contributed by atoms with Crippen molar-refractivity contribution in [1.29, 1.82) is 0 Å². The Balaban J connectivity index is 3.10. The fourth-order valence-electron chi connectivity index (χ4n) is 2.54. The van der Waals surface area contributed by atoms with Gasteiger partial charge < -0.3 is 4.74 Å². The Labute approximate surface area is 136 Å². The molecular weight excluding hydrogens is 298 g/mol. The molecule has 0 amide bonds. The standard InChI is InChI=1S/C17H23NO5/c1-4-5-6-11-15(19)17(2,16(20)23-3)12-13-9-7-8-10-14(13)18(21)22/h7-10H,4-6,11-12H2,1-3H3. The van der Waals surface area contributed by atoms with Gasteiger partial charge in [0.1, 0.15) is 11.2 Å². The van der Waals surface area contributed by atoms with E-state index in [9.17, 15) is 19.7 Å². The number of unbranched alkanes of at least 4 members (excludes halogenated alkanes) is 2. The Hall–Kier alpha value is -2.24. The van der Waals surface area contributed by atoms with E-state index in [0.717, 1.165) is 12.8 Å². The molecule has 1 unspecified atom stereocenters. The monoisotopic (exact) mass is 321 g/mol. The molecule has 0 aromatic heterocycles. The zero-order valence-electron chi connectivity index (χ0n) is 13.8. The molecule has 0 aliphatic heterocycles. The Bertz CT molecular complexity index is 584. The van der Waals surface area contributed by atoms with Crippen LogP contribution in [-0.2, 0) is 20.7 Å². The second-order valence-electron chi connectivity index (χ2n) is 5.77. The van der Waals surface area contributed by atoms with Crippen LogP contribution in [0.3, 0.4) is 0 Å². The highest BCUT2D eigenvalue weighted by atomic mass is 16.6. The van der Waals surface area contributed by atoms with E-state index in [1.54, 1.807) is 18.2 Å². The predicted molar refractivity (Wildman–Crippen MR) is 86.1 cm³/mol. The number of hydrogen-bond donors (Lipinski definition) is 0. The summed E-state index contributed by atoms with van der Waals surface area (Å²) in [6.07, 6.45) is 2.78. The maximum atomic E-state index is 12.6. The highest BCUT2D eigenvalue weighted by Gasteiger charge is 2.42. The van der Waals surface area contributed by atoms with Crippen molar-refractivity contribution in [3.63, 3.8) is 0 Å². The van der Waals surface area contributed by atoms with Crippen molar-refractivity contribution in [3.05, 3.63) is 39.9 Å². The van der Waals surface area contributed by atoms with Crippen molar-refractivity contribution in [2.45, 2.75) is 46.0 Å². The number of methoxy groups -OCH3 is 1. The molecule has 0 fully saturated rings. The number of ketones is 1. The molecule has 6 nitrogen and oxygen atoms in total. The number of benzene rings is 1. The van der Waals surface area contributed by atoms with Crippen LogP contribution < -0.4 is 0 Å². The summed E-state index contributed by atoms with van der Waals surface area (Å²) in [5.41, 5.74) is -1.15. The molecule has 0 aliphatic carbocycles. The SMILES string of the molecule is CCCCCC(=O)C(C)(Cc1ccccc1[N+](=O)[O-])C(=O)OC. The van der Waals surface area contributed by atoms with Gasteiger partial charge in [0.25, 0.3) is 5.69 Å². The average molecular weight is 321 g/mol. The van der Waals surface area contributed by atoms with Crippen LogP contribution >= 0.6 is 0 Å². The number of carbonyl (C=O) groups is 2. The van der Waals surface area contributed by atoms with E-state index >= 15 is 0 Å². The van der Waals surface area contributed by atoms with Crippen molar-refractivity contribution >= 4 is 17.4 Å². The molecule has 126 valence electrons. The van der Waals surface area contributed by atoms with Gasteiger partial charge in [-0.3, -0.25) is 19.7 Å². The average Bonchev–Trinajstić information content (AvgIpc) is 2.54. The van der Waals surface area contributed by atoms with Gasteiger partial charge in [0.2, 0.25) is 0 Å². The smallest absolute Gasteiger partial charge is 0.319 e. The lowest BCUT2D eigenvalue weighted by Gasteiger charge is -2.25. The molecule has 1 aromatic rings. The molecule has 1 atom stereocenters. The molecule has 0 saturated heterocycles. The first-order valence-corrected chi connectivity index (χ1v) is 7.70. The number of nitrogens with zero attached hydrogens (tertiary/aromatic N) is 1. The van der Waals surface area contributed by atoms with Crippen LogP contribution in [-0.4, -0.2) is 23.8 Å². The number of rotatable bonds is 9. The van der Waals surface area contributed by atoms with E-state index < -0.39 is 16.3 Å². The summed E-state index contributed by atoms with van der Waals surface area (Å²) in [5.74, 6) is -0.895. The van der Waals surface area contributed by atoms with Crippen LogP contribution in [0.4, 0.5) is 5.69 Å². The molecule has 6 heteroatoms. The van der Waals surface area contributed by atoms with Gasteiger partial charge in [-0.2, -0.15) is 0 Å². The fraction of sp³-hybridized carbons (Fsp3) is 0.529. The minimum Gasteiger partial charge on any atom is -0.468 e. The van der Waals surface area contributed by atoms with E-state index in [-0.39, 0.29) is 24.3 Å². The molecule has 23 heavy (non-hydrogen) atoms. The third kappa shape index (κ3) is 4.61. The van der Waals surface area contributed by atoms with E-state index in [0.29, 0.717) is 12.0 Å². The van der Waals surface area contributed by atoms with Gasteiger partial charge in [0, 0.05) is 24.5 Å². The Morgan fingerprint density at radius 2 is 1.91 bits per heavy atom.